The molecule has 0 N–H and O–H groups in total. The predicted molar refractivity (Wildman–Crippen MR) is 102 cm³/mol. The lowest BCUT2D eigenvalue weighted by Crippen LogP contribution is -2.01. The highest BCUT2D eigenvalue weighted by Crippen LogP contribution is 2.37. The summed E-state index contributed by atoms with van der Waals surface area (Å²) in [7, 11) is 0. The van der Waals surface area contributed by atoms with Crippen molar-refractivity contribution in [2.75, 3.05) is 13.2 Å². The normalized spacial score (nSPS) is 10.4. The quantitative estimate of drug-likeness (QED) is 0.432. The van der Waals surface area contributed by atoms with E-state index in [4.69, 9.17) is 55.9 Å². The van der Waals surface area contributed by atoms with Crippen molar-refractivity contribution in [2.24, 2.45) is 0 Å². The number of halogens is 5. The van der Waals surface area contributed by atoms with Crippen LogP contribution in [0.15, 0.2) is 47.0 Å². The molecule has 0 fully saturated rings. The molecular weight excluding hydrogens is 409 g/mol. The number of ether oxygens (including phenoxy) is 2. The fraction of sp³-hybridized carbons (Fsp3) is 0.222. The monoisotopic (exact) mass is 422 g/mol. The molecule has 0 saturated heterocycles. The van der Waals surface area contributed by atoms with Crippen molar-refractivity contribution in [2.45, 2.75) is 12.8 Å². The third-order valence-corrected chi connectivity index (χ3v) is 4.10. The van der Waals surface area contributed by atoms with E-state index in [0.717, 1.165) is 18.4 Å². The first kappa shape index (κ1) is 20.2. The Balaban J connectivity index is 1.86. The Hall–Kier alpha value is -1.13. The van der Waals surface area contributed by atoms with Crippen LogP contribution in [0.2, 0.25) is 10.0 Å². The molecule has 0 aliphatic rings. The van der Waals surface area contributed by atoms with Crippen molar-refractivity contribution in [3.05, 3.63) is 68.4 Å². The molecule has 134 valence electrons. The maximum Gasteiger partial charge on any atom is 0.156 e. The first-order valence-corrected chi connectivity index (χ1v) is 8.97. The van der Waals surface area contributed by atoms with Crippen molar-refractivity contribution < 1.29 is 13.9 Å². The van der Waals surface area contributed by atoms with E-state index in [1.807, 2.05) is 0 Å². The van der Waals surface area contributed by atoms with Crippen LogP contribution in [-0.2, 0) is 6.42 Å². The summed E-state index contributed by atoms with van der Waals surface area (Å²) in [6.07, 6.45) is 3.02. The van der Waals surface area contributed by atoms with Crippen LogP contribution in [0, 0.1) is 5.82 Å². The zero-order valence-corrected chi connectivity index (χ0v) is 16.1. The minimum absolute atomic E-state index is 0.123. The predicted octanol–water partition coefficient (Wildman–Crippen LogP) is 6.84. The second-order valence-electron chi connectivity index (χ2n) is 5.10. The molecule has 0 spiro atoms. The standard InChI is InChI=1S/C18H15Cl4FO2/c19-15-10-14(24-9-7-17(21)22)11-16(20)18(15)25-8-1-2-12-3-5-13(23)6-4-12/h3-7,10-11H,1-2,8-9H2. The van der Waals surface area contributed by atoms with Gasteiger partial charge in [-0.1, -0.05) is 58.5 Å². The molecule has 2 aromatic rings. The maximum atomic E-state index is 12.9. The van der Waals surface area contributed by atoms with Crippen molar-refractivity contribution in [1.29, 1.82) is 0 Å². The van der Waals surface area contributed by atoms with Crippen LogP contribution in [0.5, 0.6) is 11.5 Å². The fourth-order valence-corrected chi connectivity index (χ4v) is 2.76. The van der Waals surface area contributed by atoms with E-state index in [1.165, 1.54) is 18.2 Å². The summed E-state index contributed by atoms with van der Waals surface area (Å²) in [5.74, 6) is 0.643. The molecule has 0 heterocycles. The van der Waals surface area contributed by atoms with Gasteiger partial charge in [0.25, 0.3) is 0 Å². The lowest BCUT2D eigenvalue weighted by Gasteiger charge is -2.12. The van der Waals surface area contributed by atoms with Crippen LogP contribution in [0.25, 0.3) is 0 Å². The average Bonchev–Trinajstić information content (AvgIpc) is 2.55. The zero-order chi connectivity index (χ0) is 18.2. The Labute approximate surface area is 166 Å². The topological polar surface area (TPSA) is 18.5 Å². The summed E-state index contributed by atoms with van der Waals surface area (Å²) in [4.78, 5) is 0. The summed E-state index contributed by atoms with van der Waals surface area (Å²) >= 11 is 23.4. The second-order valence-corrected chi connectivity index (χ2v) is 6.92. The number of aryl methyl sites for hydroxylation is 1. The second kappa shape index (κ2) is 10.1. The molecule has 0 bridgehead atoms. The summed E-state index contributed by atoms with van der Waals surface area (Å²) in [5, 5.41) is 0.704. The van der Waals surface area contributed by atoms with E-state index in [2.05, 4.69) is 0 Å². The van der Waals surface area contributed by atoms with Gasteiger partial charge in [0.15, 0.2) is 5.75 Å². The van der Waals surface area contributed by atoms with Gasteiger partial charge in [0.05, 0.1) is 16.7 Å². The number of hydrogen-bond acceptors (Lipinski definition) is 2. The molecule has 0 saturated carbocycles. The molecule has 0 amide bonds. The van der Waals surface area contributed by atoms with E-state index in [-0.39, 0.29) is 16.9 Å². The Bertz CT molecular complexity index is 705. The lowest BCUT2D eigenvalue weighted by molar-refractivity contribution is 0.310. The summed E-state index contributed by atoms with van der Waals surface area (Å²) in [6, 6.07) is 9.61. The molecule has 0 aromatic heterocycles. The van der Waals surface area contributed by atoms with Gasteiger partial charge in [-0.2, -0.15) is 0 Å². The Kier molecular flexibility index (Phi) is 8.17. The van der Waals surface area contributed by atoms with Crippen molar-refractivity contribution in [1.82, 2.24) is 0 Å². The van der Waals surface area contributed by atoms with Gasteiger partial charge in [0, 0.05) is 12.1 Å². The van der Waals surface area contributed by atoms with Crippen molar-refractivity contribution in [3.8, 4) is 11.5 Å². The van der Waals surface area contributed by atoms with Crippen molar-refractivity contribution in [3.63, 3.8) is 0 Å². The van der Waals surface area contributed by atoms with Gasteiger partial charge in [-0.15, -0.1) is 0 Å². The first-order chi connectivity index (χ1) is 12.0. The van der Waals surface area contributed by atoms with Gasteiger partial charge in [-0.25, -0.2) is 4.39 Å². The molecule has 2 rings (SSSR count). The SMILES string of the molecule is Fc1ccc(CCCOc2c(Cl)cc(OCC=C(Cl)Cl)cc2Cl)cc1. The van der Waals surface area contributed by atoms with Crippen LogP contribution in [0.3, 0.4) is 0 Å². The molecule has 0 atom stereocenters. The van der Waals surface area contributed by atoms with E-state index in [1.54, 1.807) is 24.3 Å². The summed E-state index contributed by atoms with van der Waals surface area (Å²) in [5.41, 5.74) is 1.04. The average molecular weight is 424 g/mol. The highest BCUT2D eigenvalue weighted by atomic mass is 35.5. The molecule has 7 heteroatoms. The van der Waals surface area contributed by atoms with E-state index in [9.17, 15) is 4.39 Å². The Morgan fingerprint density at radius 2 is 1.64 bits per heavy atom. The van der Waals surface area contributed by atoms with E-state index < -0.39 is 0 Å². The van der Waals surface area contributed by atoms with Gasteiger partial charge in [0.2, 0.25) is 0 Å². The molecule has 0 radical (unpaired) electrons. The number of rotatable bonds is 8. The largest absolute Gasteiger partial charge is 0.490 e. The lowest BCUT2D eigenvalue weighted by atomic mass is 10.1. The fourth-order valence-electron chi connectivity index (χ4n) is 2.06. The van der Waals surface area contributed by atoms with Gasteiger partial charge < -0.3 is 9.47 Å². The van der Waals surface area contributed by atoms with Gasteiger partial charge in [-0.05, 0) is 36.6 Å². The van der Waals surface area contributed by atoms with Crippen LogP contribution in [0.1, 0.15) is 12.0 Å². The Morgan fingerprint density at radius 3 is 2.24 bits per heavy atom. The first-order valence-electron chi connectivity index (χ1n) is 7.46. The maximum absolute atomic E-state index is 12.9. The number of hydrogen-bond donors (Lipinski definition) is 0. The third kappa shape index (κ3) is 6.95. The van der Waals surface area contributed by atoms with Crippen LogP contribution in [0.4, 0.5) is 4.39 Å². The molecule has 0 unspecified atom stereocenters. The summed E-state index contributed by atoms with van der Waals surface area (Å²) < 4.78 is 24.1. The van der Waals surface area contributed by atoms with E-state index in [0.29, 0.717) is 28.2 Å². The zero-order valence-electron chi connectivity index (χ0n) is 13.1. The molecule has 2 aromatic carbocycles. The van der Waals surface area contributed by atoms with E-state index >= 15 is 0 Å². The minimum atomic E-state index is -0.246. The summed E-state index contributed by atoms with van der Waals surface area (Å²) in [6.45, 7) is 0.633. The minimum Gasteiger partial charge on any atom is -0.490 e. The molecule has 0 aliphatic heterocycles. The van der Waals surface area contributed by atoms with Crippen LogP contribution >= 0.6 is 46.4 Å². The van der Waals surface area contributed by atoms with Gasteiger partial charge in [-0.3, -0.25) is 0 Å². The van der Waals surface area contributed by atoms with Crippen LogP contribution < -0.4 is 9.47 Å². The highest BCUT2D eigenvalue weighted by Gasteiger charge is 2.10. The molecule has 0 aliphatic carbocycles. The van der Waals surface area contributed by atoms with Gasteiger partial charge in [0.1, 0.15) is 22.7 Å². The highest BCUT2D eigenvalue weighted by molar-refractivity contribution is 6.55. The molecule has 25 heavy (non-hydrogen) atoms. The molecule has 2 nitrogen and oxygen atoms in total. The third-order valence-electron chi connectivity index (χ3n) is 3.23. The number of benzene rings is 2. The van der Waals surface area contributed by atoms with Gasteiger partial charge >= 0.3 is 0 Å². The molecular formula is C18H15Cl4FO2. The smallest absolute Gasteiger partial charge is 0.156 e. The van der Waals surface area contributed by atoms with Crippen LogP contribution in [-0.4, -0.2) is 13.2 Å². The van der Waals surface area contributed by atoms with Crippen molar-refractivity contribution >= 4 is 46.4 Å². The Morgan fingerprint density at radius 1 is 1.00 bits per heavy atom.